The average Bonchev–Trinajstić information content (AvgIpc) is 2.48. The van der Waals surface area contributed by atoms with Crippen LogP contribution in [-0.2, 0) is 0 Å². The van der Waals surface area contributed by atoms with E-state index in [1.54, 1.807) is 0 Å². The zero-order valence-corrected chi connectivity index (χ0v) is 11.4. The fourth-order valence-electron chi connectivity index (χ4n) is 3.02. The minimum absolute atomic E-state index is 0.219. The van der Waals surface area contributed by atoms with Crippen molar-refractivity contribution in [2.75, 3.05) is 36.0 Å². The van der Waals surface area contributed by atoms with Gasteiger partial charge in [-0.05, 0) is 38.5 Å². The first-order valence-electron chi connectivity index (χ1n) is 7.44. The van der Waals surface area contributed by atoms with Crippen LogP contribution in [0.3, 0.4) is 0 Å². The number of piperidine rings is 2. The monoisotopic (exact) mass is 262 g/mol. The summed E-state index contributed by atoms with van der Waals surface area (Å²) in [6, 6.07) is 2.05. The van der Waals surface area contributed by atoms with Crippen molar-refractivity contribution in [1.82, 2.24) is 9.97 Å². The highest BCUT2D eigenvalue weighted by molar-refractivity contribution is 5.50. The number of H-pyrrole nitrogens is 1. The predicted molar refractivity (Wildman–Crippen MR) is 77.0 cm³/mol. The van der Waals surface area contributed by atoms with Crippen molar-refractivity contribution in [1.29, 1.82) is 0 Å². The fourth-order valence-corrected chi connectivity index (χ4v) is 3.02. The lowest BCUT2D eigenvalue weighted by atomic mass is 10.1. The van der Waals surface area contributed by atoms with Gasteiger partial charge in [-0.1, -0.05) is 0 Å². The maximum Gasteiger partial charge on any atom is 0.348 e. The summed E-state index contributed by atoms with van der Waals surface area (Å²) in [7, 11) is 0. The summed E-state index contributed by atoms with van der Waals surface area (Å²) >= 11 is 0. The van der Waals surface area contributed by atoms with Gasteiger partial charge in [0, 0.05) is 32.2 Å². The van der Waals surface area contributed by atoms with Crippen LogP contribution in [0.5, 0.6) is 0 Å². The summed E-state index contributed by atoms with van der Waals surface area (Å²) < 4.78 is 0. The first kappa shape index (κ1) is 12.5. The average molecular weight is 262 g/mol. The molecule has 0 aromatic carbocycles. The SMILES string of the molecule is O=c1nc(N2CCCCC2)cc(N2CCCCC2)[nH]1. The van der Waals surface area contributed by atoms with Gasteiger partial charge in [0.15, 0.2) is 0 Å². The number of hydrogen-bond acceptors (Lipinski definition) is 4. The maximum absolute atomic E-state index is 11.8. The Morgan fingerprint density at radius 3 is 2.11 bits per heavy atom. The van der Waals surface area contributed by atoms with E-state index in [1.807, 2.05) is 0 Å². The molecule has 5 nitrogen and oxygen atoms in total. The van der Waals surface area contributed by atoms with Crippen LogP contribution >= 0.6 is 0 Å². The molecule has 19 heavy (non-hydrogen) atoms. The summed E-state index contributed by atoms with van der Waals surface area (Å²) in [6.07, 6.45) is 7.41. The topological polar surface area (TPSA) is 52.2 Å². The van der Waals surface area contributed by atoms with Gasteiger partial charge < -0.3 is 9.80 Å². The van der Waals surface area contributed by atoms with Gasteiger partial charge in [-0.25, -0.2) is 4.79 Å². The first-order chi connectivity index (χ1) is 9.33. The number of rotatable bonds is 2. The molecule has 0 bridgehead atoms. The van der Waals surface area contributed by atoms with Crippen molar-refractivity contribution in [2.45, 2.75) is 38.5 Å². The molecule has 0 aliphatic carbocycles. The van der Waals surface area contributed by atoms with Gasteiger partial charge in [0.2, 0.25) is 0 Å². The molecule has 2 fully saturated rings. The molecule has 0 radical (unpaired) electrons. The largest absolute Gasteiger partial charge is 0.358 e. The minimum atomic E-state index is -0.219. The van der Waals surface area contributed by atoms with Crippen LogP contribution < -0.4 is 15.5 Å². The minimum Gasteiger partial charge on any atom is -0.358 e. The second-order valence-corrected chi connectivity index (χ2v) is 5.53. The third kappa shape index (κ3) is 2.91. The van der Waals surface area contributed by atoms with Gasteiger partial charge in [-0.2, -0.15) is 4.98 Å². The highest BCUT2D eigenvalue weighted by Crippen LogP contribution is 2.22. The second kappa shape index (κ2) is 5.63. The van der Waals surface area contributed by atoms with Crippen molar-refractivity contribution in [3.63, 3.8) is 0 Å². The number of nitrogens with zero attached hydrogens (tertiary/aromatic N) is 3. The molecule has 0 saturated carbocycles. The van der Waals surface area contributed by atoms with E-state index in [1.165, 1.54) is 38.5 Å². The number of nitrogens with one attached hydrogen (secondary N) is 1. The van der Waals surface area contributed by atoms with E-state index in [4.69, 9.17) is 0 Å². The molecule has 0 amide bonds. The van der Waals surface area contributed by atoms with E-state index in [-0.39, 0.29) is 5.69 Å². The molecule has 1 N–H and O–H groups in total. The van der Waals surface area contributed by atoms with E-state index in [0.717, 1.165) is 37.8 Å². The third-order valence-electron chi connectivity index (χ3n) is 4.09. The Bertz CT molecular complexity index is 433. The Balaban J connectivity index is 1.84. The molecule has 0 spiro atoms. The highest BCUT2D eigenvalue weighted by Gasteiger charge is 2.17. The smallest absolute Gasteiger partial charge is 0.348 e. The normalized spacial score (nSPS) is 20.6. The van der Waals surface area contributed by atoms with E-state index in [0.29, 0.717) is 0 Å². The van der Waals surface area contributed by atoms with Gasteiger partial charge in [0.25, 0.3) is 0 Å². The molecule has 1 aromatic rings. The van der Waals surface area contributed by atoms with E-state index >= 15 is 0 Å². The maximum atomic E-state index is 11.8. The lowest BCUT2D eigenvalue weighted by molar-refractivity contribution is 0.565. The van der Waals surface area contributed by atoms with Crippen LogP contribution in [0.25, 0.3) is 0 Å². The van der Waals surface area contributed by atoms with Gasteiger partial charge in [-0.3, -0.25) is 4.98 Å². The Morgan fingerprint density at radius 2 is 1.47 bits per heavy atom. The standard InChI is InChI=1S/C14H22N4O/c19-14-15-12(17-7-3-1-4-8-17)11-13(16-14)18-9-5-2-6-10-18/h11H,1-10H2,(H,15,16,19). The molecule has 2 aliphatic heterocycles. The van der Waals surface area contributed by atoms with E-state index in [9.17, 15) is 4.79 Å². The molecule has 104 valence electrons. The van der Waals surface area contributed by atoms with Crippen LogP contribution in [0, 0.1) is 0 Å². The third-order valence-corrected chi connectivity index (χ3v) is 4.09. The van der Waals surface area contributed by atoms with E-state index in [2.05, 4.69) is 25.8 Å². The molecule has 0 unspecified atom stereocenters. The van der Waals surface area contributed by atoms with Crippen LogP contribution in [0.4, 0.5) is 11.6 Å². The summed E-state index contributed by atoms with van der Waals surface area (Å²) in [4.78, 5) is 23.3. The Hall–Kier alpha value is -1.52. The summed E-state index contributed by atoms with van der Waals surface area (Å²) in [5, 5.41) is 0. The molecule has 0 atom stereocenters. The molecule has 3 heterocycles. The zero-order chi connectivity index (χ0) is 13.1. The molecule has 2 saturated heterocycles. The predicted octanol–water partition coefficient (Wildman–Crippen LogP) is 1.75. The van der Waals surface area contributed by atoms with Gasteiger partial charge >= 0.3 is 5.69 Å². The molecule has 1 aromatic heterocycles. The molecule has 3 rings (SSSR count). The number of aromatic amines is 1. The molecule has 5 heteroatoms. The van der Waals surface area contributed by atoms with Gasteiger partial charge in [-0.15, -0.1) is 0 Å². The van der Waals surface area contributed by atoms with Crippen molar-refractivity contribution < 1.29 is 0 Å². The summed E-state index contributed by atoms with van der Waals surface area (Å²) in [5.74, 6) is 1.80. The Morgan fingerprint density at radius 1 is 0.895 bits per heavy atom. The van der Waals surface area contributed by atoms with Crippen molar-refractivity contribution >= 4 is 11.6 Å². The lowest BCUT2D eigenvalue weighted by Crippen LogP contribution is -2.35. The zero-order valence-electron chi connectivity index (χ0n) is 11.4. The molecular weight excluding hydrogens is 240 g/mol. The van der Waals surface area contributed by atoms with Crippen molar-refractivity contribution in [3.8, 4) is 0 Å². The summed E-state index contributed by atoms with van der Waals surface area (Å²) in [5.41, 5.74) is -0.219. The van der Waals surface area contributed by atoms with Crippen molar-refractivity contribution in [3.05, 3.63) is 16.6 Å². The summed E-state index contributed by atoms with van der Waals surface area (Å²) in [6.45, 7) is 4.13. The quantitative estimate of drug-likeness (QED) is 0.882. The molecule has 2 aliphatic rings. The second-order valence-electron chi connectivity index (χ2n) is 5.53. The van der Waals surface area contributed by atoms with E-state index < -0.39 is 0 Å². The Kier molecular flexibility index (Phi) is 3.71. The lowest BCUT2D eigenvalue weighted by Gasteiger charge is -2.31. The van der Waals surface area contributed by atoms with Gasteiger partial charge in [0.1, 0.15) is 11.6 Å². The van der Waals surface area contributed by atoms with Crippen molar-refractivity contribution in [2.24, 2.45) is 0 Å². The van der Waals surface area contributed by atoms with Crippen LogP contribution in [0.2, 0.25) is 0 Å². The Labute approximate surface area is 113 Å². The number of hydrogen-bond donors (Lipinski definition) is 1. The number of anilines is 2. The van der Waals surface area contributed by atoms with Crippen LogP contribution in [0.15, 0.2) is 10.9 Å². The van der Waals surface area contributed by atoms with Crippen LogP contribution in [0.1, 0.15) is 38.5 Å². The fraction of sp³-hybridized carbons (Fsp3) is 0.714. The first-order valence-corrected chi connectivity index (χ1v) is 7.44. The van der Waals surface area contributed by atoms with Gasteiger partial charge in [0.05, 0.1) is 0 Å². The van der Waals surface area contributed by atoms with Crippen LogP contribution in [-0.4, -0.2) is 36.1 Å². The number of aromatic nitrogens is 2. The highest BCUT2D eigenvalue weighted by atomic mass is 16.1. The molecular formula is C14H22N4O.